The van der Waals surface area contributed by atoms with Crippen molar-refractivity contribution in [1.29, 1.82) is 0 Å². The third kappa shape index (κ3) is 1.87. The number of fused-ring (bicyclic) bond motifs is 1. The minimum Gasteiger partial charge on any atom is -0.482 e. The number of hydrogen-bond acceptors (Lipinski definition) is 4. The number of rotatable bonds is 3. The van der Waals surface area contributed by atoms with Crippen molar-refractivity contribution in [1.82, 2.24) is 9.38 Å². The van der Waals surface area contributed by atoms with Gasteiger partial charge in [-0.2, -0.15) is 0 Å². The summed E-state index contributed by atoms with van der Waals surface area (Å²) in [5.41, 5.74) is 0.434. The van der Waals surface area contributed by atoms with Crippen LogP contribution in [0.4, 0.5) is 0 Å². The molecule has 0 saturated carbocycles. The molecule has 0 bridgehead atoms. The van der Waals surface area contributed by atoms with Gasteiger partial charge in [-0.15, -0.1) is 0 Å². The molecule has 0 fully saturated rings. The standard InChI is InChI=1S/C10H13N3O3S/c1-3-8-12-10(17(11,14)15)7-5-4-6-9(16-2)13(7)8/h4-6H,3H2,1-2H3,(H2,11,14,15). The Morgan fingerprint density at radius 3 is 2.71 bits per heavy atom. The normalized spacial score (nSPS) is 11.9. The van der Waals surface area contributed by atoms with Crippen molar-refractivity contribution in [3.8, 4) is 5.88 Å². The molecule has 2 rings (SSSR count). The smallest absolute Gasteiger partial charge is 0.257 e. The number of pyridine rings is 1. The van der Waals surface area contributed by atoms with Crippen molar-refractivity contribution in [2.75, 3.05) is 7.11 Å². The van der Waals surface area contributed by atoms with Crippen LogP contribution in [0.5, 0.6) is 5.88 Å². The van der Waals surface area contributed by atoms with Gasteiger partial charge in [-0.1, -0.05) is 13.0 Å². The van der Waals surface area contributed by atoms with Crippen molar-refractivity contribution in [2.24, 2.45) is 5.14 Å². The van der Waals surface area contributed by atoms with Gasteiger partial charge >= 0.3 is 0 Å². The van der Waals surface area contributed by atoms with Gasteiger partial charge in [-0.3, -0.25) is 4.40 Å². The first-order chi connectivity index (χ1) is 7.99. The van der Waals surface area contributed by atoms with Gasteiger partial charge in [-0.05, 0) is 12.1 Å². The van der Waals surface area contributed by atoms with Crippen LogP contribution in [-0.4, -0.2) is 24.9 Å². The topological polar surface area (TPSA) is 86.7 Å². The van der Waals surface area contributed by atoms with Crippen molar-refractivity contribution < 1.29 is 13.2 Å². The fraction of sp³-hybridized carbons (Fsp3) is 0.300. The number of hydrogen-bond donors (Lipinski definition) is 1. The number of nitrogens with two attached hydrogens (primary N) is 1. The Kier molecular flexibility index (Phi) is 2.80. The zero-order valence-electron chi connectivity index (χ0n) is 9.54. The van der Waals surface area contributed by atoms with Gasteiger partial charge in [0.15, 0.2) is 10.9 Å². The van der Waals surface area contributed by atoms with Gasteiger partial charge in [0.2, 0.25) is 0 Å². The van der Waals surface area contributed by atoms with Gasteiger partial charge < -0.3 is 4.74 Å². The lowest BCUT2D eigenvalue weighted by atomic mass is 10.4. The van der Waals surface area contributed by atoms with E-state index in [-0.39, 0.29) is 5.03 Å². The molecule has 0 spiro atoms. The maximum atomic E-state index is 11.4. The third-order valence-corrected chi connectivity index (χ3v) is 3.30. The van der Waals surface area contributed by atoms with E-state index in [2.05, 4.69) is 4.98 Å². The van der Waals surface area contributed by atoms with Crippen LogP contribution in [0.15, 0.2) is 23.2 Å². The molecule has 2 aromatic rings. The Labute approximate surface area is 99.1 Å². The van der Waals surface area contributed by atoms with Crippen LogP contribution in [0.25, 0.3) is 5.52 Å². The van der Waals surface area contributed by atoms with Crippen molar-refractivity contribution in [3.05, 3.63) is 24.0 Å². The summed E-state index contributed by atoms with van der Waals surface area (Å²) in [6.07, 6.45) is 0.580. The van der Waals surface area contributed by atoms with E-state index in [0.29, 0.717) is 23.6 Å². The summed E-state index contributed by atoms with van der Waals surface area (Å²) in [7, 11) is -2.31. The first kappa shape index (κ1) is 11.9. The number of primary sulfonamides is 1. The second kappa shape index (κ2) is 4.01. The van der Waals surface area contributed by atoms with Crippen molar-refractivity contribution >= 4 is 15.5 Å². The summed E-state index contributed by atoms with van der Waals surface area (Å²) in [5, 5.41) is 5.02. The first-order valence-corrected chi connectivity index (χ1v) is 6.60. The van der Waals surface area contributed by atoms with Crippen LogP contribution >= 0.6 is 0 Å². The lowest BCUT2D eigenvalue weighted by Crippen LogP contribution is -2.13. The molecule has 0 aromatic carbocycles. The molecule has 0 aliphatic carbocycles. The second-order valence-electron chi connectivity index (χ2n) is 3.52. The van der Waals surface area contributed by atoms with E-state index in [1.165, 1.54) is 7.11 Å². The Hall–Kier alpha value is -1.60. The van der Waals surface area contributed by atoms with Gasteiger partial charge in [0, 0.05) is 6.42 Å². The summed E-state index contributed by atoms with van der Waals surface area (Å²) >= 11 is 0. The molecule has 2 aromatic heterocycles. The molecule has 2 heterocycles. The van der Waals surface area contributed by atoms with Gasteiger partial charge in [0.05, 0.1) is 12.6 Å². The summed E-state index contributed by atoms with van der Waals surface area (Å²) in [6.45, 7) is 1.88. The molecule has 0 amide bonds. The van der Waals surface area contributed by atoms with Gasteiger partial charge in [0.25, 0.3) is 10.0 Å². The summed E-state index contributed by atoms with van der Waals surface area (Å²) in [5.74, 6) is 1.13. The van der Waals surface area contributed by atoms with Crippen LogP contribution in [0.2, 0.25) is 0 Å². The maximum Gasteiger partial charge on any atom is 0.257 e. The Bertz CT molecular complexity index is 661. The number of methoxy groups -OCH3 is 1. The van der Waals surface area contributed by atoms with Crippen LogP contribution in [0, 0.1) is 0 Å². The predicted octanol–water partition coefficient (Wildman–Crippen LogP) is 0.553. The van der Waals surface area contributed by atoms with Crippen LogP contribution in [0.1, 0.15) is 12.7 Å². The average Bonchev–Trinajstić information content (AvgIpc) is 2.67. The van der Waals surface area contributed by atoms with E-state index < -0.39 is 10.0 Å². The van der Waals surface area contributed by atoms with Crippen LogP contribution in [0.3, 0.4) is 0 Å². The van der Waals surface area contributed by atoms with Crippen LogP contribution in [-0.2, 0) is 16.4 Å². The maximum absolute atomic E-state index is 11.4. The van der Waals surface area contributed by atoms with Gasteiger partial charge in [0.1, 0.15) is 5.82 Å². The molecular weight excluding hydrogens is 242 g/mol. The fourth-order valence-electron chi connectivity index (χ4n) is 1.75. The highest BCUT2D eigenvalue weighted by atomic mass is 32.2. The number of ether oxygens (including phenoxy) is 1. The quantitative estimate of drug-likeness (QED) is 0.867. The SMILES string of the molecule is CCc1nc(S(N)(=O)=O)c2cccc(OC)n12. The molecule has 6 nitrogen and oxygen atoms in total. The minimum absolute atomic E-state index is 0.117. The molecule has 0 saturated heterocycles. The number of nitrogens with zero attached hydrogens (tertiary/aromatic N) is 2. The highest BCUT2D eigenvalue weighted by molar-refractivity contribution is 7.89. The number of aryl methyl sites for hydroxylation is 1. The summed E-state index contributed by atoms with van der Waals surface area (Å²) in [4.78, 5) is 4.06. The van der Waals surface area contributed by atoms with Crippen LogP contribution < -0.4 is 9.88 Å². The van der Waals surface area contributed by atoms with Gasteiger partial charge in [-0.25, -0.2) is 18.5 Å². The zero-order valence-corrected chi connectivity index (χ0v) is 10.4. The Balaban J connectivity index is 2.92. The molecule has 0 atom stereocenters. The molecule has 92 valence electrons. The van der Waals surface area contributed by atoms with E-state index in [1.54, 1.807) is 22.6 Å². The monoisotopic (exact) mass is 255 g/mol. The zero-order chi connectivity index (χ0) is 12.6. The third-order valence-electron chi connectivity index (χ3n) is 2.46. The molecule has 7 heteroatoms. The molecule has 0 radical (unpaired) electrons. The van der Waals surface area contributed by atoms with Crippen molar-refractivity contribution in [3.63, 3.8) is 0 Å². The molecule has 0 aliphatic rings. The summed E-state index contributed by atoms with van der Waals surface area (Å²) in [6, 6.07) is 5.08. The number of aromatic nitrogens is 2. The fourth-order valence-corrected chi connectivity index (χ4v) is 2.44. The lowest BCUT2D eigenvalue weighted by molar-refractivity contribution is 0.390. The second-order valence-corrected chi connectivity index (χ2v) is 5.00. The van der Waals surface area contributed by atoms with E-state index in [1.807, 2.05) is 6.92 Å². The molecule has 0 aliphatic heterocycles. The largest absolute Gasteiger partial charge is 0.482 e. The van der Waals surface area contributed by atoms with E-state index >= 15 is 0 Å². The molecular formula is C10H13N3O3S. The predicted molar refractivity (Wildman–Crippen MR) is 62.5 cm³/mol. The number of sulfonamides is 1. The Morgan fingerprint density at radius 1 is 1.47 bits per heavy atom. The highest BCUT2D eigenvalue weighted by Gasteiger charge is 2.20. The highest BCUT2D eigenvalue weighted by Crippen LogP contribution is 2.23. The minimum atomic E-state index is -3.83. The van der Waals surface area contributed by atoms with E-state index in [0.717, 1.165) is 0 Å². The first-order valence-electron chi connectivity index (χ1n) is 5.06. The van der Waals surface area contributed by atoms with E-state index in [9.17, 15) is 8.42 Å². The molecule has 0 unspecified atom stereocenters. The average molecular weight is 255 g/mol. The lowest BCUT2D eigenvalue weighted by Gasteiger charge is -2.05. The molecule has 17 heavy (non-hydrogen) atoms. The number of imidazole rings is 1. The summed E-state index contributed by atoms with van der Waals surface area (Å²) < 4.78 is 29.7. The van der Waals surface area contributed by atoms with Crippen molar-refractivity contribution in [2.45, 2.75) is 18.4 Å². The molecule has 2 N–H and O–H groups in total. The Morgan fingerprint density at radius 2 is 2.18 bits per heavy atom. The van der Waals surface area contributed by atoms with E-state index in [4.69, 9.17) is 9.88 Å².